The Labute approximate surface area is 207 Å². The molecule has 1 unspecified atom stereocenters. The van der Waals surface area contributed by atoms with E-state index in [-0.39, 0.29) is 5.91 Å². The normalized spacial score (nSPS) is 13.1. The molecule has 9 heteroatoms. The van der Waals surface area contributed by atoms with Crippen molar-refractivity contribution in [3.05, 3.63) is 66.7 Å². The molecule has 1 aliphatic heterocycles. The number of ether oxygens (including phenoxy) is 2. The van der Waals surface area contributed by atoms with Gasteiger partial charge in [0.05, 0.1) is 24.6 Å². The van der Waals surface area contributed by atoms with Crippen molar-refractivity contribution in [3.63, 3.8) is 0 Å². The van der Waals surface area contributed by atoms with Crippen LogP contribution in [0.1, 0.15) is 26.8 Å². The third-order valence-corrected chi connectivity index (χ3v) is 6.72. The van der Waals surface area contributed by atoms with Crippen molar-refractivity contribution in [2.24, 2.45) is 0 Å². The van der Waals surface area contributed by atoms with Crippen LogP contribution in [0.5, 0.6) is 11.5 Å². The lowest BCUT2D eigenvalue weighted by Crippen LogP contribution is -2.35. The van der Waals surface area contributed by atoms with E-state index in [1.54, 1.807) is 23.6 Å². The second-order valence-corrected chi connectivity index (χ2v) is 8.93. The quantitative estimate of drug-likeness (QED) is 0.339. The molecule has 0 bridgehead atoms. The van der Waals surface area contributed by atoms with Crippen molar-refractivity contribution in [2.75, 3.05) is 18.1 Å². The number of para-hydroxylation sites is 2. The molecule has 4 aromatic rings. The lowest BCUT2D eigenvalue weighted by Gasteiger charge is -2.32. The fourth-order valence-electron chi connectivity index (χ4n) is 3.92. The molecule has 1 aromatic heterocycles. The molecule has 0 saturated heterocycles. The highest BCUT2D eigenvalue weighted by Gasteiger charge is 2.32. The van der Waals surface area contributed by atoms with E-state index < -0.39 is 6.04 Å². The lowest BCUT2D eigenvalue weighted by molar-refractivity contribution is -0.121. The number of amides is 1. The van der Waals surface area contributed by atoms with Crippen LogP contribution in [0.2, 0.25) is 0 Å². The second kappa shape index (κ2) is 9.79. The number of carbonyl (C=O) groups excluding carboxylic acids is 1. The predicted octanol–water partition coefficient (Wildman–Crippen LogP) is 5.53. The van der Waals surface area contributed by atoms with Crippen molar-refractivity contribution in [2.45, 2.75) is 36.6 Å². The number of anilines is 2. The number of carbonyl (C=O) groups is 1. The zero-order chi connectivity index (χ0) is 24.4. The monoisotopic (exact) mass is 487 g/mol. The maximum atomic E-state index is 13.8. The van der Waals surface area contributed by atoms with Gasteiger partial charge in [0.2, 0.25) is 5.82 Å². The van der Waals surface area contributed by atoms with E-state index in [0.29, 0.717) is 30.5 Å². The zero-order valence-electron chi connectivity index (χ0n) is 19.7. The summed E-state index contributed by atoms with van der Waals surface area (Å²) in [6, 6.07) is 20.6. The molecule has 3 aromatic carbocycles. The maximum absolute atomic E-state index is 13.8. The van der Waals surface area contributed by atoms with Crippen molar-refractivity contribution in [3.8, 4) is 22.9 Å². The summed E-state index contributed by atoms with van der Waals surface area (Å²) < 4.78 is 11.4. The average molecular weight is 488 g/mol. The number of fused-ring (bicyclic) bond motifs is 2. The Hall–Kier alpha value is -3.85. The Morgan fingerprint density at radius 2 is 1.54 bits per heavy atom. The van der Waals surface area contributed by atoms with Gasteiger partial charge in [0.25, 0.3) is 5.91 Å². The Morgan fingerprint density at radius 1 is 0.914 bits per heavy atom. The van der Waals surface area contributed by atoms with Gasteiger partial charge in [-0.3, -0.25) is 9.69 Å². The van der Waals surface area contributed by atoms with Gasteiger partial charge in [0, 0.05) is 15.4 Å². The van der Waals surface area contributed by atoms with Gasteiger partial charge in [-0.15, -0.1) is 10.2 Å². The molecule has 1 aliphatic rings. The number of rotatable bonds is 7. The smallest absolute Gasteiger partial charge is 0.258 e. The van der Waals surface area contributed by atoms with Crippen LogP contribution in [0.3, 0.4) is 0 Å². The summed E-state index contributed by atoms with van der Waals surface area (Å²) in [5.41, 5.74) is 2.43. The third kappa shape index (κ3) is 4.35. The molecule has 0 aliphatic carbocycles. The van der Waals surface area contributed by atoms with E-state index in [9.17, 15) is 4.79 Å². The summed E-state index contributed by atoms with van der Waals surface area (Å²) in [6.07, 6.45) is 0. The van der Waals surface area contributed by atoms with Gasteiger partial charge in [-0.25, -0.2) is 0 Å². The van der Waals surface area contributed by atoms with Crippen LogP contribution >= 0.6 is 11.8 Å². The maximum Gasteiger partial charge on any atom is 0.258 e. The van der Waals surface area contributed by atoms with Crippen LogP contribution in [0, 0.1) is 0 Å². The zero-order valence-corrected chi connectivity index (χ0v) is 20.5. The highest BCUT2D eigenvalue weighted by molar-refractivity contribution is 7.99. The highest BCUT2D eigenvalue weighted by Crippen LogP contribution is 2.48. The predicted molar refractivity (Wildman–Crippen MR) is 134 cm³/mol. The fourth-order valence-corrected chi connectivity index (χ4v) is 4.98. The summed E-state index contributed by atoms with van der Waals surface area (Å²) in [7, 11) is 0. The summed E-state index contributed by atoms with van der Waals surface area (Å²) in [5.74, 6) is 1.54. The van der Waals surface area contributed by atoms with E-state index in [2.05, 4.69) is 15.4 Å². The molecule has 1 atom stereocenters. The minimum absolute atomic E-state index is 0.143. The fraction of sp³-hybridized carbons (Fsp3) is 0.231. The van der Waals surface area contributed by atoms with Crippen molar-refractivity contribution >= 4 is 29.0 Å². The molecule has 0 fully saturated rings. The number of nitrogens with zero attached hydrogens (tertiary/aromatic N) is 5. The number of benzene rings is 3. The number of tetrazole rings is 1. The largest absolute Gasteiger partial charge is 0.490 e. The first-order valence-corrected chi connectivity index (χ1v) is 12.3. The third-order valence-electron chi connectivity index (χ3n) is 5.59. The summed E-state index contributed by atoms with van der Waals surface area (Å²) in [6.45, 7) is 6.66. The topological polar surface area (TPSA) is 82.4 Å². The number of aromatic nitrogens is 4. The SMILES string of the molecule is CCOc1ccc(-c2nnn(C(C)C(=O)N3c4ccccc4Sc4ccccc43)n2)cc1OCC. The first-order chi connectivity index (χ1) is 17.1. The molecule has 178 valence electrons. The Kier molecular flexibility index (Phi) is 6.41. The van der Waals surface area contributed by atoms with Crippen molar-refractivity contribution < 1.29 is 14.3 Å². The first kappa shape index (κ1) is 22.9. The van der Waals surface area contributed by atoms with E-state index in [1.165, 1.54) is 4.80 Å². The van der Waals surface area contributed by atoms with E-state index in [4.69, 9.17) is 9.47 Å². The standard InChI is InChI=1S/C26H25N5O3S/c1-4-33-21-15-14-18(16-22(21)34-5-2)25-27-29-31(28-25)17(3)26(32)30-19-10-6-8-12-23(19)35-24-13-9-7-11-20(24)30/h6-17H,4-5H2,1-3H3. The molecular formula is C26H25N5O3S. The van der Waals surface area contributed by atoms with E-state index in [1.807, 2.05) is 80.6 Å². The van der Waals surface area contributed by atoms with Gasteiger partial charge >= 0.3 is 0 Å². The second-order valence-electron chi connectivity index (χ2n) is 7.85. The minimum Gasteiger partial charge on any atom is -0.490 e. The first-order valence-electron chi connectivity index (χ1n) is 11.5. The lowest BCUT2D eigenvalue weighted by atomic mass is 10.2. The molecule has 1 amide bonds. The Balaban J connectivity index is 1.45. The molecular weight excluding hydrogens is 462 g/mol. The van der Waals surface area contributed by atoms with E-state index >= 15 is 0 Å². The average Bonchev–Trinajstić information content (AvgIpc) is 3.38. The van der Waals surface area contributed by atoms with Crippen molar-refractivity contribution in [1.82, 2.24) is 20.2 Å². The summed E-state index contributed by atoms with van der Waals surface area (Å²) >= 11 is 1.66. The minimum atomic E-state index is -0.672. The van der Waals surface area contributed by atoms with Gasteiger partial charge in [0.15, 0.2) is 11.5 Å². The highest BCUT2D eigenvalue weighted by atomic mass is 32.2. The van der Waals surface area contributed by atoms with E-state index in [0.717, 1.165) is 26.7 Å². The molecule has 0 N–H and O–H groups in total. The Morgan fingerprint density at radius 3 is 2.20 bits per heavy atom. The van der Waals surface area contributed by atoms with Crippen molar-refractivity contribution in [1.29, 1.82) is 0 Å². The Bertz CT molecular complexity index is 1330. The molecule has 0 saturated carbocycles. The number of hydrogen-bond donors (Lipinski definition) is 0. The van der Waals surface area contributed by atoms with Gasteiger partial charge in [-0.05, 0) is 68.4 Å². The molecule has 0 radical (unpaired) electrons. The number of hydrogen-bond acceptors (Lipinski definition) is 7. The summed E-state index contributed by atoms with van der Waals surface area (Å²) in [5, 5.41) is 12.9. The van der Waals surface area contributed by atoms with Gasteiger partial charge in [-0.2, -0.15) is 4.80 Å². The van der Waals surface area contributed by atoms with Crippen LogP contribution in [0.15, 0.2) is 76.5 Å². The van der Waals surface area contributed by atoms with Crippen LogP contribution in [0.25, 0.3) is 11.4 Å². The van der Waals surface area contributed by atoms with Crippen LogP contribution in [-0.2, 0) is 4.79 Å². The van der Waals surface area contributed by atoms with Crippen LogP contribution in [0.4, 0.5) is 11.4 Å². The molecule has 0 spiro atoms. The summed E-state index contributed by atoms with van der Waals surface area (Å²) in [4.78, 5) is 18.9. The molecule has 2 heterocycles. The van der Waals surface area contributed by atoms with Crippen LogP contribution < -0.4 is 14.4 Å². The van der Waals surface area contributed by atoms with Gasteiger partial charge < -0.3 is 9.47 Å². The molecule has 5 rings (SSSR count). The van der Waals surface area contributed by atoms with Gasteiger partial charge in [0.1, 0.15) is 6.04 Å². The van der Waals surface area contributed by atoms with Crippen LogP contribution in [-0.4, -0.2) is 39.3 Å². The molecule has 35 heavy (non-hydrogen) atoms. The van der Waals surface area contributed by atoms with Gasteiger partial charge in [-0.1, -0.05) is 36.0 Å². The molecule has 8 nitrogen and oxygen atoms in total.